The van der Waals surface area contributed by atoms with Crippen molar-refractivity contribution in [1.82, 2.24) is 0 Å². The summed E-state index contributed by atoms with van der Waals surface area (Å²) in [5.74, 6) is -5.72. The average Bonchev–Trinajstić information content (AvgIpc) is 3.13. The molecule has 4 aromatic carbocycles. The zero-order valence-corrected chi connectivity index (χ0v) is 27.3. The molecule has 6 rings (SSSR count). The zero-order chi connectivity index (χ0) is 38.4. The van der Waals surface area contributed by atoms with Crippen LogP contribution in [-0.2, 0) is 14.4 Å². The molecular weight excluding hydrogens is 684 g/mol. The number of aromatic carboxylic acids is 2. The van der Waals surface area contributed by atoms with Gasteiger partial charge in [0.15, 0.2) is 11.6 Å². The van der Waals surface area contributed by atoms with Crippen molar-refractivity contribution in [2.45, 2.75) is 0 Å². The van der Waals surface area contributed by atoms with Gasteiger partial charge in [-0.05, 0) is 117 Å². The van der Waals surface area contributed by atoms with Crippen LogP contribution < -0.4 is 0 Å². The first kappa shape index (κ1) is 36.5. The smallest absolute Gasteiger partial charge is 0.339 e. The van der Waals surface area contributed by atoms with Gasteiger partial charge in [0, 0.05) is 0 Å². The molecule has 0 bridgehead atoms. The molecule has 0 fully saturated rings. The Hall–Kier alpha value is -7.73. The number of allylic oxidation sites excluding steroid dienone is 9. The molecule has 264 valence electrons. The first-order chi connectivity index (χ1) is 25.2. The quantitative estimate of drug-likeness (QED) is 0.109. The Bertz CT molecular complexity index is 2240. The summed E-state index contributed by atoms with van der Waals surface area (Å²) in [4.78, 5) is 57.5. The van der Waals surface area contributed by atoms with Crippen molar-refractivity contribution < 1.29 is 59.7 Å². The predicted octanol–water partition coefficient (Wildman–Crippen LogP) is 6.04. The molecule has 7 N–H and O–H groups in total. The van der Waals surface area contributed by atoms with Gasteiger partial charge in [0.25, 0.3) is 0 Å². The van der Waals surface area contributed by atoms with Crippen LogP contribution in [0.2, 0.25) is 0 Å². The fraction of sp³-hybridized carbons (Fsp3) is 0. The molecule has 0 unspecified atom stereocenters. The molecule has 0 aliphatic heterocycles. The molecule has 2 aliphatic carbocycles. The lowest BCUT2D eigenvalue weighted by molar-refractivity contribution is -0.134. The van der Waals surface area contributed by atoms with Crippen LogP contribution in [0.3, 0.4) is 0 Å². The standard InChI is InChI=1S/C22H14O9.C19H14O3/c23-16-4-1-10(7-13(16)20(26)27)19(11-2-5-17(24)14(8-11)21(28)29)12-3-6-18(25)15(9-12)22(30)31;20-16-7-1-13(2-8-16)19(14-3-9-17(21)10-4-14)15-5-11-18(22)12-6-15/h1-9,23-24H,(H,26,27)(H,28,29)(H,30,31);1-12,20-21H. The molecule has 0 saturated heterocycles. The third kappa shape index (κ3) is 8.36. The topological polar surface area (TPSA) is 227 Å². The highest BCUT2D eigenvalue weighted by Crippen LogP contribution is 2.35. The van der Waals surface area contributed by atoms with E-state index in [1.54, 1.807) is 36.4 Å². The van der Waals surface area contributed by atoms with Gasteiger partial charge in [0.2, 0.25) is 0 Å². The Balaban J connectivity index is 0.000000216. The largest absolute Gasteiger partial charge is 0.508 e. The number of hydrogen-bond donors (Lipinski definition) is 7. The second kappa shape index (κ2) is 15.4. The summed E-state index contributed by atoms with van der Waals surface area (Å²) in [5.41, 5.74) is 3.02. The van der Waals surface area contributed by atoms with E-state index >= 15 is 0 Å². The number of phenolic OH excluding ortho intramolecular Hbond substituents is 2. The molecular formula is C41H28O12. The fourth-order valence-corrected chi connectivity index (χ4v) is 5.46. The van der Waals surface area contributed by atoms with Crippen molar-refractivity contribution in [1.29, 1.82) is 0 Å². The van der Waals surface area contributed by atoms with Crippen LogP contribution in [0.1, 0.15) is 43.0 Å². The summed E-state index contributed by atoms with van der Waals surface area (Å²) >= 11 is 0. The fourth-order valence-electron chi connectivity index (χ4n) is 5.46. The monoisotopic (exact) mass is 712 g/mol. The predicted molar refractivity (Wildman–Crippen MR) is 192 cm³/mol. The van der Waals surface area contributed by atoms with Gasteiger partial charge in [0.05, 0.1) is 0 Å². The Labute approximate surface area is 300 Å². The molecule has 0 atom stereocenters. The summed E-state index contributed by atoms with van der Waals surface area (Å²) in [5, 5.41) is 66.5. The normalized spacial score (nSPS) is 13.2. The van der Waals surface area contributed by atoms with Crippen LogP contribution in [0.4, 0.5) is 0 Å². The van der Waals surface area contributed by atoms with Crippen molar-refractivity contribution in [3.8, 4) is 23.0 Å². The lowest BCUT2D eigenvalue weighted by atomic mass is 9.87. The second-order valence-corrected chi connectivity index (χ2v) is 11.5. The Morgan fingerprint density at radius 1 is 0.434 bits per heavy atom. The zero-order valence-electron chi connectivity index (χ0n) is 27.3. The summed E-state index contributed by atoms with van der Waals surface area (Å²) in [6.07, 6.45) is 10.0. The highest BCUT2D eigenvalue weighted by Gasteiger charge is 2.23. The molecule has 0 radical (unpaired) electrons. The Kier molecular flexibility index (Phi) is 10.6. The first-order valence-electron chi connectivity index (χ1n) is 15.5. The number of hydrogen-bond acceptors (Lipinski definition) is 9. The molecule has 0 aromatic heterocycles. The lowest BCUT2D eigenvalue weighted by Crippen LogP contribution is -2.13. The van der Waals surface area contributed by atoms with E-state index in [0.717, 1.165) is 58.7 Å². The minimum atomic E-state index is -1.47. The number of carboxylic acids is 3. The van der Waals surface area contributed by atoms with E-state index in [2.05, 4.69) is 0 Å². The van der Waals surface area contributed by atoms with E-state index in [9.17, 15) is 59.7 Å². The van der Waals surface area contributed by atoms with Gasteiger partial charge in [-0.2, -0.15) is 0 Å². The van der Waals surface area contributed by atoms with E-state index in [0.29, 0.717) is 0 Å². The van der Waals surface area contributed by atoms with Gasteiger partial charge in [-0.25, -0.2) is 14.4 Å². The Morgan fingerprint density at radius 2 is 0.830 bits per heavy atom. The highest BCUT2D eigenvalue weighted by molar-refractivity contribution is 6.23. The molecule has 12 heteroatoms. The van der Waals surface area contributed by atoms with Crippen molar-refractivity contribution in [2.75, 3.05) is 0 Å². The van der Waals surface area contributed by atoms with Crippen LogP contribution in [0, 0.1) is 0 Å². The summed E-state index contributed by atoms with van der Waals surface area (Å²) < 4.78 is 0. The van der Waals surface area contributed by atoms with E-state index in [1.807, 2.05) is 24.3 Å². The first-order valence-corrected chi connectivity index (χ1v) is 15.5. The van der Waals surface area contributed by atoms with Gasteiger partial charge >= 0.3 is 17.9 Å². The van der Waals surface area contributed by atoms with Crippen molar-refractivity contribution in [3.63, 3.8) is 0 Å². The van der Waals surface area contributed by atoms with Gasteiger partial charge in [-0.3, -0.25) is 9.59 Å². The molecule has 12 nitrogen and oxygen atoms in total. The molecule has 0 amide bonds. The van der Waals surface area contributed by atoms with Crippen molar-refractivity contribution in [3.05, 3.63) is 178 Å². The number of aliphatic carboxylic acids is 1. The van der Waals surface area contributed by atoms with Gasteiger partial charge in [0.1, 0.15) is 39.7 Å². The molecule has 0 saturated carbocycles. The number of phenols is 4. The summed E-state index contributed by atoms with van der Waals surface area (Å²) in [7, 11) is 0. The number of benzene rings is 4. The number of carbonyl (C=O) groups excluding carboxylic acids is 2. The minimum Gasteiger partial charge on any atom is -0.508 e. The van der Waals surface area contributed by atoms with Gasteiger partial charge in [-0.15, -0.1) is 0 Å². The number of aromatic hydroxyl groups is 4. The minimum absolute atomic E-state index is 0.0421. The number of carboxylic acid groups (broad SMARTS) is 3. The molecule has 0 spiro atoms. The number of carbonyl (C=O) groups is 5. The summed E-state index contributed by atoms with van der Waals surface area (Å²) in [6, 6.07) is 21.0. The van der Waals surface area contributed by atoms with Gasteiger partial charge < -0.3 is 35.7 Å². The molecule has 53 heavy (non-hydrogen) atoms. The molecule has 2 aliphatic rings. The van der Waals surface area contributed by atoms with Crippen molar-refractivity contribution >= 4 is 40.6 Å². The average molecular weight is 713 g/mol. The van der Waals surface area contributed by atoms with Crippen LogP contribution in [0.5, 0.6) is 23.0 Å². The SMILES string of the molecule is O=C(O)C1=CC(=C(c2ccc(O)c(C(=O)O)c2)c2ccc(O)c(C(=O)O)c2)C=CC1=O.O=C1C=CC(=C(c2ccc(O)cc2)c2ccc(O)cc2)C=C1. The van der Waals surface area contributed by atoms with E-state index in [1.165, 1.54) is 30.4 Å². The Morgan fingerprint density at radius 3 is 1.25 bits per heavy atom. The maximum Gasteiger partial charge on any atom is 0.339 e. The molecule has 4 aromatic rings. The van der Waals surface area contributed by atoms with Gasteiger partial charge in [-0.1, -0.05) is 54.6 Å². The second-order valence-electron chi connectivity index (χ2n) is 11.5. The van der Waals surface area contributed by atoms with E-state index < -0.39 is 51.9 Å². The van der Waals surface area contributed by atoms with Crippen LogP contribution >= 0.6 is 0 Å². The maximum absolute atomic E-state index is 11.9. The highest BCUT2D eigenvalue weighted by atomic mass is 16.4. The number of rotatable bonds is 7. The maximum atomic E-state index is 11.9. The van der Waals surface area contributed by atoms with Crippen LogP contribution in [-0.4, -0.2) is 65.2 Å². The number of ketones is 2. The molecule has 0 heterocycles. The van der Waals surface area contributed by atoms with E-state index in [-0.39, 0.29) is 39.6 Å². The van der Waals surface area contributed by atoms with Crippen LogP contribution in [0.25, 0.3) is 11.1 Å². The third-order valence-corrected chi connectivity index (χ3v) is 7.98. The van der Waals surface area contributed by atoms with Crippen LogP contribution in [0.15, 0.2) is 144 Å². The third-order valence-electron chi connectivity index (χ3n) is 7.98. The van der Waals surface area contributed by atoms with Crippen molar-refractivity contribution in [2.24, 2.45) is 0 Å². The lowest BCUT2D eigenvalue weighted by Gasteiger charge is -2.16. The van der Waals surface area contributed by atoms with E-state index in [4.69, 9.17) is 0 Å². The summed E-state index contributed by atoms with van der Waals surface area (Å²) in [6.45, 7) is 0.